The summed E-state index contributed by atoms with van der Waals surface area (Å²) >= 11 is 5.73. The molecule has 1 aliphatic heterocycles. The Morgan fingerprint density at radius 3 is 2.50 bits per heavy atom. The van der Waals surface area contributed by atoms with Gasteiger partial charge in [-0.15, -0.1) is 0 Å². The number of nitrogens with two attached hydrogens (primary N) is 1. The minimum absolute atomic E-state index is 0.0920. The van der Waals surface area contributed by atoms with E-state index in [-0.39, 0.29) is 23.5 Å². The van der Waals surface area contributed by atoms with Gasteiger partial charge in [0.05, 0.1) is 29.9 Å². The lowest BCUT2D eigenvalue weighted by atomic mass is 9.73. The van der Waals surface area contributed by atoms with Gasteiger partial charge in [-0.2, -0.15) is 0 Å². The fraction of sp³-hybridized carbons (Fsp3) is 0.448. The summed E-state index contributed by atoms with van der Waals surface area (Å²) in [4.78, 5) is 37.2. The Balaban J connectivity index is 1.61. The maximum atomic E-state index is 14.6. The molecule has 1 saturated heterocycles. The maximum absolute atomic E-state index is 14.6. The monoisotopic (exact) mass is 603 g/mol. The number of anilines is 3. The summed E-state index contributed by atoms with van der Waals surface area (Å²) in [7, 11) is 3.24. The van der Waals surface area contributed by atoms with Gasteiger partial charge in [-0.1, -0.05) is 32.4 Å². The summed E-state index contributed by atoms with van der Waals surface area (Å²) in [5, 5.41) is 8.59. The number of hydrogen-bond donors (Lipinski definition) is 4. The lowest BCUT2D eigenvalue weighted by molar-refractivity contribution is -0.152. The number of likely N-dealkylation sites (N-methyl/N-ethyl adjacent to an activating group) is 1. The number of nitrogens with zero attached hydrogens (tertiary/aromatic N) is 3. The van der Waals surface area contributed by atoms with E-state index in [2.05, 4.69) is 25.9 Å². The molecular weight excluding hydrogens is 568 g/mol. The van der Waals surface area contributed by atoms with E-state index in [1.165, 1.54) is 19.5 Å². The van der Waals surface area contributed by atoms with Crippen molar-refractivity contribution in [2.24, 2.45) is 17.1 Å². The predicted octanol–water partition coefficient (Wildman–Crippen LogP) is 4.45. The average molecular weight is 604 g/mol. The number of halogens is 3. The first-order chi connectivity index (χ1) is 19.8. The first-order valence-corrected chi connectivity index (χ1v) is 13.9. The topological polar surface area (TPSA) is 134 Å². The van der Waals surface area contributed by atoms with Crippen molar-refractivity contribution >= 4 is 51.5 Å². The Kier molecular flexibility index (Phi) is 9.19. The number of methoxy groups -OCH3 is 1. The molecule has 4 rings (SSSR count). The van der Waals surface area contributed by atoms with Crippen molar-refractivity contribution in [1.82, 2.24) is 20.2 Å². The van der Waals surface area contributed by atoms with Gasteiger partial charge in [0.25, 0.3) is 0 Å². The molecule has 2 heterocycles. The van der Waals surface area contributed by atoms with E-state index in [0.29, 0.717) is 35.3 Å². The number of benzene rings is 2. The number of nitrogens with one attached hydrogen (secondary N) is 3. The number of carbonyl (C=O) groups is 2. The van der Waals surface area contributed by atoms with Crippen LogP contribution >= 0.6 is 11.6 Å². The molecular formula is C29H36ClF2N7O3. The minimum Gasteiger partial charge on any atom is -0.494 e. The molecule has 0 spiro atoms. The number of amides is 2. The van der Waals surface area contributed by atoms with Crippen LogP contribution in [0, 0.1) is 23.0 Å². The molecule has 5 N–H and O–H groups in total. The zero-order chi connectivity index (χ0) is 30.9. The second-order valence-electron chi connectivity index (χ2n) is 11.5. The van der Waals surface area contributed by atoms with Crippen molar-refractivity contribution < 1.29 is 23.1 Å². The van der Waals surface area contributed by atoms with Crippen LogP contribution in [0.5, 0.6) is 5.75 Å². The van der Waals surface area contributed by atoms with E-state index >= 15 is 0 Å². The smallest absolute Gasteiger partial charge is 0.247 e. The molecule has 0 saturated carbocycles. The molecule has 0 bridgehead atoms. The third-order valence-corrected chi connectivity index (χ3v) is 8.07. The predicted molar refractivity (Wildman–Crippen MR) is 159 cm³/mol. The Morgan fingerprint density at radius 2 is 1.90 bits per heavy atom. The highest BCUT2D eigenvalue weighted by Gasteiger charge is 2.46. The number of fused-ring (bicyclic) bond motifs is 1. The van der Waals surface area contributed by atoms with Crippen LogP contribution < -0.4 is 26.4 Å². The number of hydrogen-bond acceptors (Lipinski definition) is 8. The van der Waals surface area contributed by atoms with E-state index < -0.39 is 46.0 Å². The van der Waals surface area contributed by atoms with Gasteiger partial charge < -0.3 is 31.3 Å². The molecule has 2 aromatic carbocycles. The van der Waals surface area contributed by atoms with Crippen LogP contribution in [-0.4, -0.2) is 65.5 Å². The quantitative estimate of drug-likeness (QED) is 0.264. The van der Waals surface area contributed by atoms with Crippen LogP contribution in [-0.2, 0) is 9.59 Å². The number of ether oxygens (including phenoxy) is 1. The molecule has 1 aliphatic rings. The van der Waals surface area contributed by atoms with Crippen LogP contribution in [0.1, 0.15) is 34.1 Å². The number of rotatable bonds is 9. The second kappa shape index (κ2) is 12.3. The lowest BCUT2D eigenvalue weighted by Gasteiger charge is -2.46. The number of carbonyl (C=O) groups excluding carboxylic acids is 2. The molecule has 0 aliphatic carbocycles. The van der Waals surface area contributed by atoms with Crippen LogP contribution in [0.2, 0.25) is 5.02 Å². The van der Waals surface area contributed by atoms with Crippen LogP contribution in [0.4, 0.5) is 26.0 Å². The largest absolute Gasteiger partial charge is 0.494 e. The summed E-state index contributed by atoms with van der Waals surface area (Å²) in [5.74, 6) is -2.42. The van der Waals surface area contributed by atoms with Gasteiger partial charge in [0.1, 0.15) is 34.8 Å². The van der Waals surface area contributed by atoms with Crippen molar-refractivity contribution in [3.63, 3.8) is 0 Å². The normalized spacial score (nSPS) is 17.3. The van der Waals surface area contributed by atoms with Gasteiger partial charge in [-0.05, 0) is 44.0 Å². The molecule has 13 heteroatoms. The highest BCUT2D eigenvalue weighted by molar-refractivity contribution is 6.31. The SMILES string of the molecule is CN[C@@H](C)C(N)[C@@H](C(=O)N1CC[C@H]1C(=O)Nc1cc2c(Nc3ccc(F)c(Cl)c3F)ncnc2cc1OC)C(C)(C)C. The third-order valence-electron chi connectivity index (χ3n) is 7.72. The first kappa shape index (κ1) is 31.3. The van der Waals surface area contributed by atoms with Crippen molar-refractivity contribution in [1.29, 1.82) is 0 Å². The summed E-state index contributed by atoms with van der Waals surface area (Å²) in [6.07, 6.45) is 1.76. The van der Waals surface area contributed by atoms with Crippen LogP contribution in [0.15, 0.2) is 30.6 Å². The summed E-state index contributed by atoms with van der Waals surface area (Å²) in [6, 6.07) is 4.16. The Hall–Kier alpha value is -3.61. The summed E-state index contributed by atoms with van der Waals surface area (Å²) in [5.41, 5.74) is 6.73. The van der Waals surface area contributed by atoms with Gasteiger partial charge in [0, 0.05) is 30.1 Å². The lowest BCUT2D eigenvalue weighted by Crippen LogP contribution is -2.63. The molecule has 2 amide bonds. The van der Waals surface area contributed by atoms with E-state index in [1.807, 2.05) is 27.7 Å². The molecule has 10 nitrogen and oxygen atoms in total. The van der Waals surface area contributed by atoms with E-state index in [4.69, 9.17) is 22.1 Å². The fourth-order valence-corrected chi connectivity index (χ4v) is 5.28. The van der Waals surface area contributed by atoms with Crippen molar-refractivity contribution in [2.75, 3.05) is 31.3 Å². The minimum atomic E-state index is -0.974. The Bertz CT molecular complexity index is 1500. The van der Waals surface area contributed by atoms with Crippen LogP contribution in [0.3, 0.4) is 0 Å². The zero-order valence-corrected chi connectivity index (χ0v) is 25.1. The van der Waals surface area contributed by atoms with Gasteiger partial charge in [0.15, 0.2) is 5.82 Å². The van der Waals surface area contributed by atoms with E-state index in [9.17, 15) is 18.4 Å². The Morgan fingerprint density at radius 1 is 1.19 bits per heavy atom. The Labute approximate surface area is 248 Å². The molecule has 1 aromatic heterocycles. The first-order valence-electron chi connectivity index (χ1n) is 13.6. The summed E-state index contributed by atoms with van der Waals surface area (Å²) in [6.45, 7) is 8.26. The highest BCUT2D eigenvalue weighted by Crippen LogP contribution is 2.37. The molecule has 3 aromatic rings. The van der Waals surface area contributed by atoms with Gasteiger partial charge >= 0.3 is 0 Å². The molecule has 1 unspecified atom stereocenters. The van der Waals surface area contributed by atoms with Crippen molar-refractivity contribution in [2.45, 2.75) is 52.2 Å². The zero-order valence-electron chi connectivity index (χ0n) is 24.4. The average Bonchev–Trinajstić information content (AvgIpc) is 2.91. The van der Waals surface area contributed by atoms with Crippen LogP contribution in [0.25, 0.3) is 10.9 Å². The van der Waals surface area contributed by atoms with Crippen molar-refractivity contribution in [3.05, 3.63) is 47.2 Å². The van der Waals surface area contributed by atoms with Gasteiger partial charge in [0.2, 0.25) is 11.8 Å². The second-order valence-corrected chi connectivity index (χ2v) is 11.8. The van der Waals surface area contributed by atoms with E-state index in [1.54, 1.807) is 24.1 Å². The van der Waals surface area contributed by atoms with Crippen molar-refractivity contribution in [3.8, 4) is 5.75 Å². The van der Waals surface area contributed by atoms with Gasteiger partial charge in [-0.25, -0.2) is 18.7 Å². The fourth-order valence-electron chi connectivity index (χ4n) is 5.11. The molecule has 226 valence electrons. The highest BCUT2D eigenvalue weighted by atomic mass is 35.5. The number of likely N-dealkylation sites (tertiary alicyclic amines) is 1. The molecule has 4 atom stereocenters. The third kappa shape index (κ3) is 6.11. The maximum Gasteiger partial charge on any atom is 0.247 e. The molecule has 1 fully saturated rings. The molecule has 42 heavy (non-hydrogen) atoms. The van der Waals surface area contributed by atoms with Gasteiger partial charge in [-0.3, -0.25) is 9.59 Å². The van der Waals surface area contributed by atoms with E-state index in [0.717, 1.165) is 6.07 Å². The standard InChI is InChI=1S/C29H36ClF2N7O3/c1-14(34-5)25(33)22(29(2,3)4)28(41)39-10-9-20(39)27(40)38-19-11-15-18(12-21(19)42-6)35-13-36-26(15)37-17-8-7-16(31)23(30)24(17)32/h7-8,11-14,20,22,25,34H,9-10,33H2,1-6H3,(H,38,40)(H,35,36,37)/t14-,20-,22-,25?/m0/s1. The molecule has 0 radical (unpaired) electrons. The summed E-state index contributed by atoms with van der Waals surface area (Å²) < 4.78 is 33.8. The number of aromatic nitrogens is 2.